The van der Waals surface area contributed by atoms with Crippen molar-refractivity contribution in [3.63, 3.8) is 0 Å². The van der Waals surface area contributed by atoms with Crippen molar-refractivity contribution in [2.45, 2.75) is 12.5 Å². The fraction of sp³-hybridized carbons (Fsp3) is 0.909. The number of carbonyl (C=O) groups is 1. The Morgan fingerprint density at radius 1 is 1.25 bits per heavy atom. The molecular weight excluding hydrogens is 300 g/mol. The molecule has 0 bridgehead atoms. The molecule has 20 heavy (non-hydrogen) atoms. The molecule has 1 N–H and O–H groups in total. The molecule has 1 unspecified atom stereocenters. The second-order valence-electron chi connectivity index (χ2n) is 5.14. The van der Waals surface area contributed by atoms with Crippen LogP contribution in [0, 0.1) is 0 Å². The van der Waals surface area contributed by atoms with Gasteiger partial charge in [-0.25, -0.2) is 0 Å². The second-order valence-corrected chi connectivity index (χ2v) is 8.31. The van der Waals surface area contributed by atoms with E-state index in [-0.39, 0.29) is 11.9 Å². The molecule has 0 spiro atoms. The van der Waals surface area contributed by atoms with E-state index >= 15 is 0 Å². The van der Waals surface area contributed by atoms with Crippen LogP contribution in [-0.2, 0) is 15.0 Å². The highest BCUT2D eigenvalue weighted by molar-refractivity contribution is 7.99. The van der Waals surface area contributed by atoms with E-state index in [0.717, 1.165) is 11.6 Å². The molecule has 0 aliphatic carbocycles. The van der Waals surface area contributed by atoms with Crippen molar-refractivity contribution in [2.24, 2.45) is 0 Å². The van der Waals surface area contributed by atoms with E-state index in [2.05, 4.69) is 5.32 Å². The van der Waals surface area contributed by atoms with Crippen LogP contribution in [0.3, 0.4) is 0 Å². The molecule has 2 fully saturated rings. The average molecular weight is 322 g/mol. The summed E-state index contributed by atoms with van der Waals surface area (Å²) in [6, 6.07) is -0.114. The van der Waals surface area contributed by atoms with Crippen molar-refractivity contribution in [1.29, 1.82) is 0 Å². The summed E-state index contributed by atoms with van der Waals surface area (Å²) >= 11 is 1.72. The van der Waals surface area contributed by atoms with Crippen LogP contribution in [0.1, 0.15) is 6.42 Å². The maximum Gasteiger partial charge on any atom is 0.281 e. The fourth-order valence-corrected chi connectivity index (χ4v) is 4.42. The Hall–Kier alpha value is -0.350. The lowest BCUT2D eigenvalue weighted by Gasteiger charge is -2.25. The highest BCUT2D eigenvalue weighted by Gasteiger charge is 2.31. The molecule has 1 amide bonds. The number of hydrogen-bond donors (Lipinski definition) is 1. The molecule has 2 saturated heterocycles. The van der Waals surface area contributed by atoms with Gasteiger partial charge >= 0.3 is 0 Å². The zero-order chi connectivity index (χ0) is 14.8. The Balaban J connectivity index is 1.97. The monoisotopic (exact) mass is 322 g/mol. The highest BCUT2D eigenvalue weighted by atomic mass is 32.2. The van der Waals surface area contributed by atoms with Crippen LogP contribution in [0.5, 0.6) is 0 Å². The van der Waals surface area contributed by atoms with Crippen molar-refractivity contribution >= 4 is 27.9 Å². The number of amides is 1. The molecule has 116 valence electrons. The van der Waals surface area contributed by atoms with Gasteiger partial charge in [-0.1, -0.05) is 0 Å². The number of carbonyl (C=O) groups excluding carboxylic acids is 1. The third-order valence-corrected chi connectivity index (χ3v) is 6.45. The number of nitrogens with one attached hydrogen (secondary N) is 1. The minimum absolute atomic E-state index is 0.0964. The van der Waals surface area contributed by atoms with Gasteiger partial charge < -0.3 is 4.90 Å². The number of nitrogens with zero attached hydrogens (tertiary/aromatic N) is 3. The van der Waals surface area contributed by atoms with Crippen LogP contribution in [0.25, 0.3) is 0 Å². The molecule has 2 aliphatic heterocycles. The third-order valence-electron chi connectivity index (χ3n) is 3.57. The van der Waals surface area contributed by atoms with Crippen LogP contribution in [-0.4, -0.2) is 85.8 Å². The Morgan fingerprint density at radius 3 is 2.60 bits per heavy atom. The summed E-state index contributed by atoms with van der Waals surface area (Å²) in [5.74, 6) is 1.71. The summed E-state index contributed by atoms with van der Waals surface area (Å²) in [7, 11) is -0.321. The molecule has 2 rings (SSSR count). The van der Waals surface area contributed by atoms with Crippen LogP contribution >= 0.6 is 11.8 Å². The Kier molecular flexibility index (Phi) is 5.30. The summed E-state index contributed by atoms with van der Waals surface area (Å²) in [5, 5.41) is 3.17. The lowest BCUT2D eigenvalue weighted by molar-refractivity contribution is -0.132. The van der Waals surface area contributed by atoms with E-state index in [1.165, 1.54) is 22.7 Å². The molecule has 7 nitrogen and oxygen atoms in total. The lowest BCUT2D eigenvalue weighted by Crippen LogP contribution is -2.47. The van der Waals surface area contributed by atoms with Gasteiger partial charge in [0.25, 0.3) is 10.2 Å². The van der Waals surface area contributed by atoms with Crippen LogP contribution in [0.15, 0.2) is 0 Å². The smallest absolute Gasteiger partial charge is 0.281 e. The molecule has 0 aromatic heterocycles. The highest BCUT2D eigenvalue weighted by Crippen LogP contribution is 2.15. The molecule has 0 saturated carbocycles. The quantitative estimate of drug-likeness (QED) is 0.721. The minimum atomic E-state index is -3.38. The van der Waals surface area contributed by atoms with Crippen molar-refractivity contribution in [3.8, 4) is 0 Å². The first-order valence-electron chi connectivity index (χ1n) is 6.70. The van der Waals surface area contributed by atoms with Gasteiger partial charge in [0.1, 0.15) is 0 Å². The first kappa shape index (κ1) is 16.0. The zero-order valence-electron chi connectivity index (χ0n) is 11.9. The molecule has 0 radical (unpaired) electrons. The standard InChI is InChI=1S/C11H22N4O3S2/c1-13(2)20(17,18)15-5-3-4-14(6-7-15)11(16)10-8-19-9-12-10/h10,12H,3-9H2,1-2H3. The summed E-state index contributed by atoms with van der Waals surface area (Å²) < 4.78 is 26.9. The lowest BCUT2D eigenvalue weighted by atomic mass is 10.2. The molecule has 0 aromatic rings. The summed E-state index contributed by atoms with van der Waals surface area (Å²) in [5.41, 5.74) is 0. The van der Waals surface area contributed by atoms with Gasteiger partial charge in [-0.3, -0.25) is 10.1 Å². The topological polar surface area (TPSA) is 73.0 Å². The zero-order valence-corrected chi connectivity index (χ0v) is 13.5. The van der Waals surface area contributed by atoms with E-state index in [4.69, 9.17) is 0 Å². The van der Waals surface area contributed by atoms with Gasteiger partial charge in [0.15, 0.2) is 0 Å². The Bertz CT molecular complexity index is 449. The third kappa shape index (κ3) is 3.45. The molecular formula is C11H22N4O3S2. The van der Waals surface area contributed by atoms with Gasteiger partial charge in [0, 0.05) is 51.9 Å². The summed E-state index contributed by atoms with van der Waals surface area (Å²) in [6.45, 7) is 1.93. The molecule has 2 aliphatic rings. The fourth-order valence-electron chi connectivity index (χ4n) is 2.35. The van der Waals surface area contributed by atoms with Gasteiger partial charge in [0.2, 0.25) is 5.91 Å². The van der Waals surface area contributed by atoms with Crippen molar-refractivity contribution < 1.29 is 13.2 Å². The maximum absolute atomic E-state index is 12.3. The van der Waals surface area contributed by atoms with Crippen LogP contribution in [0.2, 0.25) is 0 Å². The van der Waals surface area contributed by atoms with E-state index in [0.29, 0.717) is 32.6 Å². The Labute approximate surface area is 124 Å². The first-order chi connectivity index (χ1) is 9.43. The van der Waals surface area contributed by atoms with E-state index in [1.54, 1.807) is 16.7 Å². The molecule has 9 heteroatoms. The van der Waals surface area contributed by atoms with E-state index in [1.807, 2.05) is 0 Å². The molecule has 0 aromatic carbocycles. The predicted molar refractivity (Wildman–Crippen MR) is 79.6 cm³/mol. The van der Waals surface area contributed by atoms with E-state index < -0.39 is 10.2 Å². The van der Waals surface area contributed by atoms with Crippen LogP contribution in [0.4, 0.5) is 0 Å². The van der Waals surface area contributed by atoms with Crippen molar-refractivity contribution in [3.05, 3.63) is 0 Å². The summed E-state index contributed by atoms with van der Waals surface area (Å²) in [4.78, 5) is 14.1. The van der Waals surface area contributed by atoms with Gasteiger partial charge in [-0.05, 0) is 6.42 Å². The van der Waals surface area contributed by atoms with Gasteiger partial charge in [0.05, 0.1) is 6.04 Å². The van der Waals surface area contributed by atoms with Gasteiger partial charge in [-0.15, -0.1) is 11.8 Å². The average Bonchev–Trinajstić information content (AvgIpc) is 2.81. The molecule has 1 atom stereocenters. The normalized spacial score (nSPS) is 25.9. The minimum Gasteiger partial charge on any atom is -0.340 e. The van der Waals surface area contributed by atoms with Gasteiger partial charge in [-0.2, -0.15) is 17.0 Å². The van der Waals surface area contributed by atoms with E-state index in [9.17, 15) is 13.2 Å². The predicted octanol–water partition coefficient (Wildman–Crippen LogP) is -1.01. The Morgan fingerprint density at radius 2 is 2.00 bits per heavy atom. The first-order valence-corrected chi connectivity index (χ1v) is 9.25. The SMILES string of the molecule is CN(C)S(=O)(=O)N1CCCN(C(=O)C2CSCN2)CC1. The van der Waals surface area contributed by atoms with Crippen molar-refractivity contribution in [2.75, 3.05) is 51.9 Å². The number of thioether (sulfide) groups is 1. The largest absolute Gasteiger partial charge is 0.340 e. The number of hydrogen-bond acceptors (Lipinski definition) is 5. The van der Waals surface area contributed by atoms with Crippen molar-refractivity contribution in [1.82, 2.24) is 18.8 Å². The number of rotatable bonds is 3. The second kappa shape index (κ2) is 6.61. The summed E-state index contributed by atoms with van der Waals surface area (Å²) in [6.07, 6.45) is 0.679. The molecule has 2 heterocycles. The maximum atomic E-state index is 12.3. The van der Waals surface area contributed by atoms with Crippen LogP contribution < -0.4 is 5.32 Å².